The Bertz CT molecular complexity index is 749. The number of aryl methyl sites for hydroxylation is 2. The highest BCUT2D eigenvalue weighted by Crippen LogP contribution is 2.35. The van der Waals surface area contributed by atoms with Crippen LogP contribution in [0.3, 0.4) is 0 Å². The van der Waals surface area contributed by atoms with Gasteiger partial charge in [-0.25, -0.2) is 0 Å². The smallest absolute Gasteiger partial charge is 0.150 e. The van der Waals surface area contributed by atoms with Crippen LogP contribution in [-0.2, 0) is 24.2 Å². The number of fused-ring (bicyclic) bond motifs is 1. The third-order valence-electron chi connectivity index (χ3n) is 5.56. The van der Waals surface area contributed by atoms with Gasteiger partial charge in [-0.2, -0.15) is 5.10 Å². The molecule has 1 fully saturated rings. The molecule has 2 aliphatic rings. The second-order valence-electron chi connectivity index (χ2n) is 7.58. The molecule has 25 heavy (non-hydrogen) atoms. The summed E-state index contributed by atoms with van der Waals surface area (Å²) in [5.41, 5.74) is 2.40. The van der Waals surface area contributed by atoms with Gasteiger partial charge < -0.3 is 9.30 Å². The van der Waals surface area contributed by atoms with Crippen LogP contribution in [0.4, 0.5) is 0 Å². The summed E-state index contributed by atoms with van der Waals surface area (Å²) in [6, 6.07) is 0.652. The van der Waals surface area contributed by atoms with Crippen molar-refractivity contribution in [3.8, 4) is 0 Å². The number of ether oxygens (including phenoxy) is 1. The molecule has 0 bridgehead atoms. The van der Waals surface area contributed by atoms with Gasteiger partial charge in [0, 0.05) is 51.0 Å². The van der Waals surface area contributed by atoms with Crippen molar-refractivity contribution in [2.75, 3.05) is 13.7 Å². The highest BCUT2D eigenvalue weighted by atomic mass is 16.5. The Hall–Kier alpha value is -1.73. The largest absolute Gasteiger partial charge is 0.380 e. The molecule has 0 N–H and O–H groups in total. The van der Waals surface area contributed by atoms with E-state index in [1.807, 2.05) is 7.11 Å². The van der Waals surface area contributed by atoms with Crippen molar-refractivity contribution >= 4 is 0 Å². The van der Waals surface area contributed by atoms with Gasteiger partial charge in [0.15, 0.2) is 5.82 Å². The summed E-state index contributed by atoms with van der Waals surface area (Å²) in [5.74, 6) is 2.25. The molecule has 4 heterocycles. The maximum absolute atomic E-state index is 5.68. The first-order chi connectivity index (χ1) is 12.1. The molecule has 0 aromatic carbocycles. The van der Waals surface area contributed by atoms with E-state index in [4.69, 9.17) is 4.74 Å². The van der Waals surface area contributed by atoms with E-state index >= 15 is 0 Å². The van der Waals surface area contributed by atoms with Gasteiger partial charge in [-0.3, -0.25) is 9.58 Å². The minimum atomic E-state index is 0.250. The molecule has 4 rings (SSSR count). The topological polar surface area (TPSA) is 61.0 Å². The average Bonchev–Trinajstić information content (AvgIpc) is 3.32. The molecule has 7 nitrogen and oxygen atoms in total. The van der Waals surface area contributed by atoms with Crippen molar-refractivity contribution in [1.82, 2.24) is 29.4 Å². The fourth-order valence-electron chi connectivity index (χ4n) is 4.05. The Balaban J connectivity index is 1.60. The van der Waals surface area contributed by atoms with Crippen molar-refractivity contribution in [1.29, 1.82) is 0 Å². The molecule has 2 aliphatic heterocycles. The van der Waals surface area contributed by atoms with Crippen LogP contribution in [0.15, 0.2) is 6.20 Å². The standard InChI is InChI=1S/C18H28N6O/c1-12(2)24-10-14(13(3)21-24)9-22-11-15(25-4)8-16(22)18-20-19-17-6-5-7-23(17)18/h10,12,15-16H,5-9,11H2,1-4H3/t15-,16+/m1/s1. The quantitative estimate of drug-likeness (QED) is 0.833. The fraction of sp³-hybridized carbons (Fsp3) is 0.722. The molecule has 2 aromatic rings. The Labute approximate surface area is 149 Å². The number of hydrogen-bond donors (Lipinski definition) is 0. The molecule has 0 aliphatic carbocycles. The number of likely N-dealkylation sites (tertiary alicyclic amines) is 1. The van der Waals surface area contributed by atoms with Crippen molar-refractivity contribution in [2.45, 2.75) is 71.3 Å². The first kappa shape index (κ1) is 16.7. The second kappa shape index (κ2) is 6.53. The predicted molar refractivity (Wildman–Crippen MR) is 94.3 cm³/mol. The van der Waals surface area contributed by atoms with Crippen LogP contribution in [0.1, 0.15) is 61.7 Å². The third kappa shape index (κ3) is 3.00. The van der Waals surface area contributed by atoms with Crippen LogP contribution in [0, 0.1) is 6.92 Å². The molecule has 0 spiro atoms. The SMILES string of the molecule is CO[C@@H]1C[C@@H](c2nnc3n2CCC3)N(Cc2cn(C(C)C)nc2C)C1. The van der Waals surface area contributed by atoms with E-state index in [1.54, 1.807) is 0 Å². The van der Waals surface area contributed by atoms with E-state index < -0.39 is 0 Å². The summed E-state index contributed by atoms with van der Waals surface area (Å²) < 4.78 is 10.1. The van der Waals surface area contributed by atoms with Gasteiger partial charge in [0.2, 0.25) is 0 Å². The molecule has 136 valence electrons. The minimum Gasteiger partial charge on any atom is -0.380 e. The first-order valence-corrected chi connectivity index (χ1v) is 9.30. The van der Waals surface area contributed by atoms with E-state index in [0.29, 0.717) is 6.04 Å². The lowest BCUT2D eigenvalue weighted by atomic mass is 10.1. The molecule has 2 atom stereocenters. The molecule has 2 aromatic heterocycles. The number of hydrogen-bond acceptors (Lipinski definition) is 5. The van der Waals surface area contributed by atoms with E-state index in [2.05, 4.69) is 56.4 Å². The normalized spacial score (nSPS) is 23.7. The Morgan fingerprint density at radius 1 is 1.32 bits per heavy atom. The van der Waals surface area contributed by atoms with E-state index in [0.717, 1.165) is 49.8 Å². The van der Waals surface area contributed by atoms with E-state index in [1.165, 1.54) is 12.0 Å². The summed E-state index contributed by atoms with van der Waals surface area (Å²) in [4.78, 5) is 2.48. The Kier molecular flexibility index (Phi) is 4.37. The fourth-order valence-corrected chi connectivity index (χ4v) is 4.05. The van der Waals surface area contributed by atoms with Crippen molar-refractivity contribution in [3.05, 3.63) is 29.1 Å². The van der Waals surface area contributed by atoms with Crippen LogP contribution >= 0.6 is 0 Å². The van der Waals surface area contributed by atoms with Gasteiger partial charge >= 0.3 is 0 Å². The minimum absolute atomic E-state index is 0.250. The summed E-state index contributed by atoms with van der Waals surface area (Å²) in [7, 11) is 1.81. The number of aromatic nitrogens is 5. The molecule has 0 saturated carbocycles. The van der Waals surface area contributed by atoms with Crippen LogP contribution < -0.4 is 0 Å². The zero-order valence-corrected chi connectivity index (χ0v) is 15.6. The van der Waals surface area contributed by atoms with Gasteiger partial charge in [-0.15, -0.1) is 10.2 Å². The zero-order chi connectivity index (χ0) is 17.6. The monoisotopic (exact) mass is 344 g/mol. The maximum Gasteiger partial charge on any atom is 0.150 e. The van der Waals surface area contributed by atoms with Crippen LogP contribution in [0.5, 0.6) is 0 Å². The van der Waals surface area contributed by atoms with Crippen molar-refractivity contribution in [2.24, 2.45) is 0 Å². The van der Waals surface area contributed by atoms with Gasteiger partial charge in [0.25, 0.3) is 0 Å². The predicted octanol–water partition coefficient (Wildman–Crippen LogP) is 2.27. The number of methoxy groups -OCH3 is 1. The van der Waals surface area contributed by atoms with Crippen LogP contribution in [0.2, 0.25) is 0 Å². The molecule has 0 radical (unpaired) electrons. The summed E-state index contributed by atoms with van der Waals surface area (Å²) in [6.07, 6.45) is 5.64. The van der Waals surface area contributed by atoms with Crippen molar-refractivity contribution < 1.29 is 4.74 Å². The van der Waals surface area contributed by atoms with Crippen LogP contribution in [-0.4, -0.2) is 49.2 Å². The summed E-state index contributed by atoms with van der Waals surface area (Å²) >= 11 is 0. The molecule has 1 saturated heterocycles. The number of nitrogens with zero attached hydrogens (tertiary/aromatic N) is 6. The van der Waals surface area contributed by atoms with E-state index in [9.17, 15) is 0 Å². The van der Waals surface area contributed by atoms with E-state index in [-0.39, 0.29) is 12.1 Å². The summed E-state index contributed by atoms with van der Waals surface area (Å²) in [6.45, 7) is 9.28. The lowest BCUT2D eigenvalue weighted by Gasteiger charge is -2.23. The number of rotatable bonds is 5. The van der Waals surface area contributed by atoms with Gasteiger partial charge in [-0.05, 0) is 33.6 Å². The zero-order valence-electron chi connectivity index (χ0n) is 15.6. The second-order valence-corrected chi connectivity index (χ2v) is 7.58. The Morgan fingerprint density at radius 3 is 2.88 bits per heavy atom. The molecule has 0 amide bonds. The van der Waals surface area contributed by atoms with Crippen LogP contribution in [0.25, 0.3) is 0 Å². The highest BCUT2D eigenvalue weighted by molar-refractivity contribution is 5.17. The average molecular weight is 344 g/mol. The molecule has 7 heteroatoms. The lowest BCUT2D eigenvalue weighted by Crippen LogP contribution is -2.26. The first-order valence-electron chi connectivity index (χ1n) is 9.30. The molecular formula is C18H28N6O. The molecular weight excluding hydrogens is 316 g/mol. The Morgan fingerprint density at radius 2 is 2.16 bits per heavy atom. The third-order valence-corrected chi connectivity index (χ3v) is 5.56. The lowest BCUT2D eigenvalue weighted by molar-refractivity contribution is 0.107. The molecule has 0 unspecified atom stereocenters. The summed E-state index contributed by atoms with van der Waals surface area (Å²) in [5, 5.41) is 13.6. The van der Waals surface area contributed by atoms with Gasteiger partial charge in [-0.1, -0.05) is 0 Å². The van der Waals surface area contributed by atoms with Crippen molar-refractivity contribution in [3.63, 3.8) is 0 Å². The van der Waals surface area contributed by atoms with Gasteiger partial charge in [0.05, 0.1) is 17.8 Å². The highest BCUT2D eigenvalue weighted by Gasteiger charge is 2.37. The maximum atomic E-state index is 5.68. The van der Waals surface area contributed by atoms with Gasteiger partial charge in [0.1, 0.15) is 5.82 Å².